The van der Waals surface area contributed by atoms with Crippen molar-refractivity contribution < 1.29 is 18.8 Å². The Morgan fingerprint density at radius 3 is 2.59 bits per heavy atom. The first-order valence-electron chi connectivity index (χ1n) is 9.43. The number of hydrogen-bond donors (Lipinski definition) is 1. The van der Waals surface area contributed by atoms with Crippen LogP contribution in [0.5, 0.6) is 5.75 Å². The lowest BCUT2D eigenvalue weighted by Crippen LogP contribution is -3.12. The summed E-state index contributed by atoms with van der Waals surface area (Å²) >= 11 is 1.69. The Morgan fingerprint density at radius 1 is 1.04 bits per heavy atom. The lowest BCUT2D eigenvalue weighted by atomic mass is 10.0. The molecule has 0 saturated carbocycles. The van der Waals surface area contributed by atoms with E-state index in [9.17, 15) is 4.39 Å². The van der Waals surface area contributed by atoms with Gasteiger partial charge in [-0.2, -0.15) is 0 Å². The van der Waals surface area contributed by atoms with E-state index in [1.54, 1.807) is 18.4 Å². The summed E-state index contributed by atoms with van der Waals surface area (Å²) in [7, 11) is 1.75. The quantitative estimate of drug-likeness (QED) is 0.530. The number of likely N-dealkylation sites (N-methyl/N-ethyl adjacent to an activating group) is 1. The second-order valence-corrected chi connectivity index (χ2v) is 7.52. The topological polar surface area (TPSA) is 22.9 Å². The van der Waals surface area contributed by atoms with Crippen LogP contribution in [0.15, 0.2) is 47.8 Å². The molecule has 1 atom stereocenters. The standard InChI is InChI=1S/C22H26FNO2S/c1-3-24(12-14-25-2)11-4-13-26-19-9-10-20-21(16-27-22(20)15-19)17-5-7-18(23)8-6-17/h5-10,15-16H,3-4,11-14H2,1-2H3/p+1. The molecular weight excluding hydrogens is 361 g/mol. The summed E-state index contributed by atoms with van der Waals surface area (Å²) in [5.41, 5.74) is 2.18. The summed E-state index contributed by atoms with van der Waals surface area (Å²) in [6.07, 6.45) is 1.02. The summed E-state index contributed by atoms with van der Waals surface area (Å²) < 4.78 is 25.5. The third-order valence-corrected chi connectivity index (χ3v) is 5.75. The van der Waals surface area contributed by atoms with E-state index in [2.05, 4.69) is 24.4 Å². The van der Waals surface area contributed by atoms with Gasteiger partial charge in [0.15, 0.2) is 0 Å². The van der Waals surface area contributed by atoms with Crippen molar-refractivity contribution in [3.8, 4) is 16.9 Å². The van der Waals surface area contributed by atoms with Crippen molar-refractivity contribution in [1.82, 2.24) is 0 Å². The van der Waals surface area contributed by atoms with Crippen molar-refractivity contribution in [3.63, 3.8) is 0 Å². The number of halogens is 1. The van der Waals surface area contributed by atoms with E-state index in [-0.39, 0.29) is 5.82 Å². The average Bonchev–Trinajstić information content (AvgIpc) is 3.11. The molecule has 1 N–H and O–H groups in total. The molecule has 0 aliphatic carbocycles. The van der Waals surface area contributed by atoms with Gasteiger partial charge in [-0.05, 0) is 48.2 Å². The minimum Gasteiger partial charge on any atom is -0.493 e. The zero-order chi connectivity index (χ0) is 19.1. The third kappa shape index (κ3) is 5.28. The maximum absolute atomic E-state index is 13.2. The van der Waals surface area contributed by atoms with Gasteiger partial charge in [-0.15, -0.1) is 11.3 Å². The zero-order valence-electron chi connectivity index (χ0n) is 16.0. The lowest BCUT2D eigenvalue weighted by Gasteiger charge is -2.17. The van der Waals surface area contributed by atoms with Gasteiger partial charge in [0.2, 0.25) is 0 Å². The van der Waals surface area contributed by atoms with Gasteiger partial charge < -0.3 is 14.4 Å². The minimum absolute atomic E-state index is 0.209. The lowest BCUT2D eigenvalue weighted by molar-refractivity contribution is -0.898. The summed E-state index contributed by atoms with van der Waals surface area (Å²) in [6.45, 7) is 6.97. The first-order valence-corrected chi connectivity index (χ1v) is 10.3. The zero-order valence-corrected chi connectivity index (χ0v) is 16.8. The number of rotatable bonds is 10. The van der Waals surface area contributed by atoms with Crippen LogP contribution in [0.1, 0.15) is 13.3 Å². The highest BCUT2D eigenvalue weighted by Crippen LogP contribution is 2.35. The largest absolute Gasteiger partial charge is 0.493 e. The Hall–Kier alpha value is -1.95. The van der Waals surface area contributed by atoms with Crippen LogP contribution < -0.4 is 9.64 Å². The summed E-state index contributed by atoms with van der Waals surface area (Å²) in [6, 6.07) is 12.9. The van der Waals surface area contributed by atoms with Crippen LogP contribution in [0, 0.1) is 5.82 Å². The van der Waals surface area contributed by atoms with Crippen molar-refractivity contribution in [3.05, 3.63) is 53.7 Å². The molecule has 1 heterocycles. The number of ether oxygens (including phenoxy) is 2. The first-order chi connectivity index (χ1) is 13.2. The fraction of sp³-hybridized carbons (Fsp3) is 0.364. The summed E-state index contributed by atoms with van der Waals surface area (Å²) in [5.74, 6) is 0.699. The molecule has 0 saturated heterocycles. The molecule has 0 spiro atoms. The molecular formula is C22H27FNO2S+. The van der Waals surface area contributed by atoms with Gasteiger partial charge in [-0.25, -0.2) is 4.39 Å². The van der Waals surface area contributed by atoms with Crippen LogP contribution in [0.2, 0.25) is 0 Å². The molecule has 2 aromatic carbocycles. The van der Waals surface area contributed by atoms with Gasteiger partial charge in [-0.3, -0.25) is 0 Å². The van der Waals surface area contributed by atoms with Gasteiger partial charge in [0.1, 0.15) is 18.1 Å². The fourth-order valence-electron chi connectivity index (χ4n) is 3.19. The van der Waals surface area contributed by atoms with Crippen molar-refractivity contribution in [2.24, 2.45) is 0 Å². The molecule has 3 nitrogen and oxygen atoms in total. The van der Waals surface area contributed by atoms with Crippen LogP contribution in [-0.2, 0) is 4.74 Å². The second-order valence-electron chi connectivity index (χ2n) is 6.61. The van der Waals surface area contributed by atoms with Crippen molar-refractivity contribution in [2.45, 2.75) is 13.3 Å². The van der Waals surface area contributed by atoms with E-state index in [0.717, 1.165) is 56.1 Å². The Morgan fingerprint density at radius 2 is 1.85 bits per heavy atom. The number of thiophene rings is 1. The molecule has 3 rings (SSSR count). The molecule has 0 amide bonds. The third-order valence-electron chi connectivity index (χ3n) is 4.81. The average molecular weight is 389 g/mol. The van der Waals surface area contributed by atoms with E-state index in [1.165, 1.54) is 27.1 Å². The van der Waals surface area contributed by atoms with Gasteiger partial charge in [0.25, 0.3) is 0 Å². The Balaban J connectivity index is 1.58. The molecule has 0 aliphatic rings. The van der Waals surface area contributed by atoms with Gasteiger partial charge in [0.05, 0.1) is 26.3 Å². The van der Waals surface area contributed by atoms with Gasteiger partial charge in [-0.1, -0.05) is 12.1 Å². The second kappa shape index (κ2) is 9.83. The fourth-order valence-corrected chi connectivity index (χ4v) is 4.19. The van der Waals surface area contributed by atoms with E-state index in [0.29, 0.717) is 0 Å². The molecule has 0 bridgehead atoms. The summed E-state index contributed by atoms with van der Waals surface area (Å²) in [4.78, 5) is 1.54. The number of quaternary nitrogens is 1. The SMILES string of the molecule is CC[NH+](CCCOc1ccc2c(-c3ccc(F)cc3)csc2c1)CCOC. The number of methoxy groups -OCH3 is 1. The van der Waals surface area contributed by atoms with Crippen LogP contribution in [0.3, 0.4) is 0 Å². The predicted octanol–water partition coefficient (Wildman–Crippen LogP) is 4.03. The number of hydrogen-bond acceptors (Lipinski definition) is 3. The number of fused-ring (bicyclic) bond motifs is 1. The van der Waals surface area contributed by atoms with E-state index < -0.39 is 0 Å². The molecule has 1 unspecified atom stereocenters. The highest BCUT2D eigenvalue weighted by Gasteiger charge is 2.09. The highest BCUT2D eigenvalue weighted by atomic mass is 32.1. The monoisotopic (exact) mass is 388 g/mol. The predicted molar refractivity (Wildman–Crippen MR) is 110 cm³/mol. The molecule has 0 aliphatic heterocycles. The van der Waals surface area contributed by atoms with Gasteiger partial charge in [0, 0.05) is 29.2 Å². The highest BCUT2D eigenvalue weighted by molar-refractivity contribution is 7.17. The molecule has 144 valence electrons. The van der Waals surface area contributed by atoms with E-state index >= 15 is 0 Å². The number of benzene rings is 2. The minimum atomic E-state index is -0.209. The van der Waals surface area contributed by atoms with Gasteiger partial charge >= 0.3 is 0 Å². The van der Waals surface area contributed by atoms with Crippen LogP contribution in [0.4, 0.5) is 4.39 Å². The van der Waals surface area contributed by atoms with E-state index in [4.69, 9.17) is 9.47 Å². The normalized spacial score (nSPS) is 12.4. The maximum atomic E-state index is 13.2. The molecule has 0 radical (unpaired) electrons. The Labute approximate surface area is 164 Å². The summed E-state index contributed by atoms with van der Waals surface area (Å²) in [5, 5.41) is 3.31. The van der Waals surface area contributed by atoms with E-state index in [1.807, 2.05) is 18.2 Å². The first kappa shape index (κ1) is 19.8. The van der Waals surface area contributed by atoms with Crippen LogP contribution in [-0.4, -0.2) is 40.0 Å². The molecule has 5 heteroatoms. The smallest absolute Gasteiger partial charge is 0.123 e. The van der Waals surface area contributed by atoms with Crippen LogP contribution in [0.25, 0.3) is 21.2 Å². The Bertz CT molecular complexity index is 847. The van der Waals surface area contributed by atoms with Crippen molar-refractivity contribution in [1.29, 1.82) is 0 Å². The Kier molecular flexibility index (Phi) is 7.21. The number of nitrogens with one attached hydrogen (secondary N) is 1. The molecule has 0 fully saturated rings. The maximum Gasteiger partial charge on any atom is 0.123 e. The molecule has 3 aromatic rings. The molecule has 1 aromatic heterocycles. The van der Waals surface area contributed by atoms with Crippen LogP contribution >= 0.6 is 11.3 Å². The van der Waals surface area contributed by atoms with Crippen molar-refractivity contribution >= 4 is 21.4 Å². The van der Waals surface area contributed by atoms with Crippen molar-refractivity contribution in [2.75, 3.05) is 40.0 Å². The molecule has 27 heavy (non-hydrogen) atoms.